The van der Waals surface area contributed by atoms with Gasteiger partial charge in [-0.2, -0.15) is 0 Å². The molecule has 0 saturated carbocycles. The lowest BCUT2D eigenvalue weighted by atomic mass is 10.1. The molecular formula is C24H42N3O+. The first-order valence-electron chi connectivity index (χ1n) is 11.4. The van der Waals surface area contributed by atoms with Crippen LogP contribution < -0.4 is 9.64 Å². The summed E-state index contributed by atoms with van der Waals surface area (Å²) in [5, 5.41) is 0. The van der Waals surface area contributed by atoms with E-state index in [4.69, 9.17) is 4.74 Å². The Morgan fingerprint density at radius 1 is 0.929 bits per heavy atom. The van der Waals surface area contributed by atoms with E-state index >= 15 is 0 Å². The van der Waals surface area contributed by atoms with Crippen LogP contribution in [-0.2, 0) is 0 Å². The zero-order valence-corrected chi connectivity index (χ0v) is 18.8. The van der Waals surface area contributed by atoms with E-state index in [1.165, 1.54) is 69.4 Å². The molecule has 158 valence electrons. The molecule has 0 spiro atoms. The van der Waals surface area contributed by atoms with Crippen molar-refractivity contribution in [3.05, 3.63) is 24.3 Å². The van der Waals surface area contributed by atoms with Gasteiger partial charge in [-0.05, 0) is 30.7 Å². The first kappa shape index (κ1) is 22.6. The lowest BCUT2D eigenvalue weighted by molar-refractivity contribution is -0.487. The Morgan fingerprint density at radius 3 is 2.04 bits per heavy atom. The fraction of sp³-hybridized carbons (Fsp3) is 0.708. The van der Waals surface area contributed by atoms with Crippen LogP contribution in [0.5, 0.6) is 5.75 Å². The Kier molecular flexibility index (Phi) is 10.2. The summed E-state index contributed by atoms with van der Waals surface area (Å²) in [5.74, 6) is 2.23. The van der Waals surface area contributed by atoms with E-state index in [-0.39, 0.29) is 0 Å². The number of ether oxygens (including phenoxy) is 1. The molecule has 0 fully saturated rings. The fourth-order valence-corrected chi connectivity index (χ4v) is 3.96. The Labute approximate surface area is 173 Å². The predicted octanol–water partition coefficient (Wildman–Crippen LogP) is 5.37. The van der Waals surface area contributed by atoms with Crippen LogP contribution in [0.3, 0.4) is 0 Å². The molecule has 0 bridgehead atoms. The number of rotatable bonds is 13. The number of likely N-dealkylation sites (N-methyl/N-ethyl adjacent to an activating group) is 2. The summed E-state index contributed by atoms with van der Waals surface area (Å²) in [5.41, 5.74) is 1.20. The first-order chi connectivity index (χ1) is 13.6. The number of guanidine groups is 1. The second-order valence-corrected chi connectivity index (χ2v) is 8.23. The maximum absolute atomic E-state index is 5.93. The van der Waals surface area contributed by atoms with Gasteiger partial charge in [-0.15, -0.1) is 0 Å². The van der Waals surface area contributed by atoms with Gasteiger partial charge in [0, 0.05) is 0 Å². The maximum Gasteiger partial charge on any atom is 0.355 e. The van der Waals surface area contributed by atoms with Gasteiger partial charge in [0.15, 0.2) is 0 Å². The lowest BCUT2D eigenvalue weighted by Gasteiger charge is -2.18. The third-order valence-electron chi connectivity index (χ3n) is 5.74. The molecule has 2 rings (SSSR count). The summed E-state index contributed by atoms with van der Waals surface area (Å²) in [6.07, 6.45) is 13.6. The molecule has 0 atom stereocenters. The molecule has 0 aromatic heterocycles. The minimum Gasteiger partial charge on any atom is -0.494 e. The third-order valence-corrected chi connectivity index (χ3v) is 5.74. The number of anilines is 1. The van der Waals surface area contributed by atoms with Crippen molar-refractivity contribution in [3.8, 4) is 5.75 Å². The average Bonchev–Trinajstić information content (AvgIpc) is 3.04. The number of unbranched alkanes of at least 4 members (excludes halogenated alkanes) is 9. The zero-order valence-electron chi connectivity index (χ0n) is 18.8. The summed E-state index contributed by atoms with van der Waals surface area (Å²) in [6, 6.07) is 8.50. The molecule has 0 aliphatic carbocycles. The zero-order chi connectivity index (χ0) is 20.2. The molecule has 1 aliphatic heterocycles. The SMILES string of the molecule is CCCCCCCCCCCCOc1ccc(N(C)C2=[N+](C)CCN2C)cc1. The van der Waals surface area contributed by atoms with E-state index in [1.807, 2.05) is 0 Å². The van der Waals surface area contributed by atoms with E-state index in [0.29, 0.717) is 0 Å². The highest BCUT2D eigenvalue weighted by atomic mass is 16.5. The van der Waals surface area contributed by atoms with Crippen LogP contribution in [-0.4, -0.2) is 56.3 Å². The quantitative estimate of drug-likeness (QED) is 0.334. The number of hydrogen-bond acceptors (Lipinski definition) is 3. The normalized spacial score (nSPS) is 14.1. The molecule has 1 aromatic carbocycles. The first-order valence-corrected chi connectivity index (χ1v) is 11.4. The van der Waals surface area contributed by atoms with E-state index in [0.717, 1.165) is 31.9 Å². The van der Waals surface area contributed by atoms with Crippen molar-refractivity contribution in [2.24, 2.45) is 0 Å². The highest BCUT2D eigenvalue weighted by Gasteiger charge is 2.29. The van der Waals surface area contributed by atoms with Gasteiger partial charge in [-0.25, -0.2) is 4.90 Å². The molecular weight excluding hydrogens is 346 g/mol. The summed E-state index contributed by atoms with van der Waals surface area (Å²) in [6.45, 7) is 5.27. The van der Waals surface area contributed by atoms with Crippen molar-refractivity contribution >= 4 is 11.6 Å². The summed E-state index contributed by atoms with van der Waals surface area (Å²) >= 11 is 0. The Hall–Kier alpha value is -1.71. The highest BCUT2D eigenvalue weighted by Crippen LogP contribution is 2.20. The predicted molar refractivity (Wildman–Crippen MR) is 121 cm³/mol. The van der Waals surface area contributed by atoms with E-state index in [2.05, 4.69) is 66.7 Å². The van der Waals surface area contributed by atoms with Gasteiger partial charge < -0.3 is 4.74 Å². The van der Waals surface area contributed by atoms with Gasteiger partial charge in [0.05, 0.1) is 40.8 Å². The highest BCUT2D eigenvalue weighted by molar-refractivity contribution is 5.92. The van der Waals surface area contributed by atoms with Crippen molar-refractivity contribution in [1.82, 2.24) is 4.90 Å². The molecule has 4 heteroatoms. The van der Waals surface area contributed by atoms with Gasteiger partial charge in [0.25, 0.3) is 0 Å². The smallest absolute Gasteiger partial charge is 0.355 e. The van der Waals surface area contributed by atoms with Crippen LogP contribution in [0.15, 0.2) is 24.3 Å². The van der Waals surface area contributed by atoms with Crippen molar-refractivity contribution in [2.75, 3.05) is 45.7 Å². The van der Waals surface area contributed by atoms with E-state index in [1.54, 1.807) is 0 Å². The number of hydrogen-bond donors (Lipinski definition) is 0. The molecule has 1 aromatic rings. The largest absolute Gasteiger partial charge is 0.494 e. The molecule has 0 unspecified atom stereocenters. The Bertz CT molecular complexity index is 582. The van der Waals surface area contributed by atoms with Gasteiger partial charge in [0.1, 0.15) is 11.4 Å². The maximum atomic E-state index is 5.93. The second kappa shape index (κ2) is 12.7. The van der Waals surface area contributed by atoms with Crippen LogP contribution in [0.2, 0.25) is 0 Å². The van der Waals surface area contributed by atoms with E-state index in [9.17, 15) is 0 Å². The molecule has 0 amide bonds. The Morgan fingerprint density at radius 2 is 1.50 bits per heavy atom. The van der Waals surface area contributed by atoms with Gasteiger partial charge in [-0.1, -0.05) is 64.7 Å². The second-order valence-electron chi connectivity index (χ2n) is 8.23. The Balaban J connectivity index is 1.59. The van der Waals surface area contributed by atoms with Crippen LogP contribution in [0.1, 0.15) is 71.1 Å². The molecule has 28 heavy (non-hydrogen) atoms. The fourth-order valence-electron chi connectivity index (χ4n) is 3.96. The monoisotopic (exact) mass is 388 g/mol. The minimum absolute atomic E-state index is 0.828. The summed E-state index contributed by atoms with van der Waals surface area (Å²) in [4.78, 5) is 4.55. The third kappa shape index (κ3) is 7.37. The van der Waals surface area contributed by atoms with Crippen molar-refractivity contribution in [1.29, 1.82) is 0 Å². The van der Waals surface area contributed by atoms with Crippen molar-refractivity contribution in [2.45, 2.75) is 71.1 Å². The number of nitrogens with zero attached hydrogens (tertiary/aromatic N) is 3. The topological polar surface area (TPSA) is 18.7 Å². The summed E-state index contributed by atoms with van der Waals surface area (Å²) in [7, 11) is 6.44. The summed E-state index contributed by atoms with van der Waals surface area (Å²) < 4.78 is 8.24. The van der Waals surface area contributed by atoms with Crippen molar-refractivity contribution in [3.63, 3.8) is 0 Å². The molecule has 4 nitrogen and oxygen atoms in total. The van der Waals surface area contributed by atoms with Crippen LogP contribution in [0.25, 0.3) is 0 Å². The molecule has 1 heterocycles. The average molecular weight is 389 g/mol. The van der Waals surface area contributed by atoms with Crippen molar-refractivity contribution < 1.29 is 9.31 Å². The van der Waals surface area contributed by atoms with Crippen LogP contribution in [0.4, 0.5) is 5.69 Å². The van der Waals surface area contributed by atoms with Gasteiger partial charge in [-0.3, -0.25) is 9.48 Å². The van der Waals surface area contributed by atoms with E-state index < -0.39 is 0 Å². The van der Waals surface area contributed by atoms with Crippen LogP contribution in [0, 0.1) is 0 Å². The molecule has 0 N–H and O–H groups in total. The van der Waals surface area contributed by atoms with Gasteiger partial charge in [0.2, 0.25) is 0 Å². The molecule has 1 aliphatic rings. The van der Waals surface area contributed by atoms with Crippen LogP contribution >= 0.6 is 0 Å². The minimum atomic E-state index is 0.828. The lowest BCUT2D eigenvalue weighted by Crippen LogP contribution is -2.40. The van der Waals surface area contributed by atoms with Gasteiger partial charge >= 0.3 is 5.96 Å². The number of benzene rings is 1. The standard InChI is InChI=1S/C24H42N3O/c1-5-6-7-8-9-10-11-12-13-14-21-28-23-17-15-22(16-18-23)27(4)24-25(2)19-20-26(24)3/h15-18H,5-14,19-21H2,1-4H3/q+1. The molecule has 0 saturated heterocycles. The molecule has 0 radical (unpaired) electrons.